The molecule has 3 N–H and O–H groups in total. The summed E-state index contributed by atoms with van der Waals surface area (Å²) in [4.78, 5) is 18.9. The fourth-order valence-electron chi connectivity index (χ4n) is 4.88. The molecule has 1 aliphatic heterocycles. The Bertz CT molecular complexity index is 515. The molecule has 6 nitrogen and oxygen atoms in total. The number of likely N-dealkylation sites (tertiary alicyclic amines) is 1. The van der Waals surface area contributed by atoms with Gasteiger partial charge in [-0.2, -0.15) is 0 Å². The van der Waals surface area contributed by atoms with E-state index in [1.165, 1.54) is 38.5 Å². The molecule has 0 aromatic rings. The van der Waals surface area contributed by atoms with Gasteiger partial charge >= 0.3 is 0 Å². The zero-order valence-electron chi connectivity index (χ0n) is 18.4. The van der Waals surface area contributed by atoms with Gasteiger partial charge in [-0.05, 0) is 44.4 Å². The van der Waals surface area contributed by atoms with Gasteiger partial charge in [-0.25, -0.2) is 0 Å². The van der Waals surface area contributed by atoms with Crippen LogP contribution in [-0.2, 0) is 4.79 Å². The van der Waals surface area contributed by atoms with Gasteiger partial charge in [0.05, 0.1) is 6.54 Å². The van der Waals surface area contributed by atoms with Crippen LogP contribution in [0.25, 0.3) is 0 Å². The van der Waals surface area contributed by atoms with Gasteiger partial charge in [-0.3, -0.25) is 14.7 Å². The first-order chi connectivity index (χ1) is 13.7. The van der Waals surface area contributed by atoms with Gasteiger partial charge in [0, 0.05) is 38.3 Å². The first-order valence-electron chi connectivity index (χ1n) is 11.8. The second kappa shape index (κ2) is 13.0. The van der Waals surface area contributed by atoms with E-state index in [2.05, 4.69) is 34.7 Å². The average Bonchev–Trinajstić information content (AvgIpc) is 3.48. The predicted octanol–water partition coefficient (Wildman–Crippen LogP) is 3.12. The lowest BCUT2D eigenvalue weighted by molar-refractivity contribution is -0.122. The van der Waals surface area contributed by atoms with Crippen LogP contribution in [0.4, 0.5) is 0 Å². The summed E-state index contributed by atoms with van der Waals surface area (Å²) in [6.45, 7) is 8.27. The van der Waals surface area contributed by atoms with E-state index in [1.54, 1.807) is 0 Å². The van der Waals surface area contributed by atoms with Gasteiger partial charge in [-0.15, -0.1) is 24.0 Å². The van der Waals surface area contributed by atoms with Crippen molar-refractivity contribution in [3.8, 4) is 0 Å². The van der Waals surface area contributed by atoms with Crippen molar-refractivity contribution in [2.45, 2.75) is 83.7 Å². The Morgan fingerprint density at radius 2 is 1.76 bits per heavy atom. The Kier molecular flexibility index (Phi) is 11.0. The third-order valence-corrected chi connectivity index (χ3v) is 6.60. The first kappa shape index (κ1) is 24.7. The number of hydrogen-bond acceptors (Lipinski definition) is 3. The van der Waals surface area contributed by atoms with Gasteiger partial charge in [0.15, 0.2) is 5.96 Å². The predicted molar refractivity (Wildman–Crippen MR) is 131 cm³/mol. The molecule has 7 heteroatoms. The van der Waals surface area contributed by atoms with Crippen molar-refractivity contribution in [3.63, 3.8) is 0 Å². The maximum Gasteiger partial charge on any atom is 0.234 e. The molecule has 2 aliphatic carbocycles. The summed E-state index contributed by atoms with van der Waals surface area (Å²) in [7, 11) is 0. The Labute approximate surface area is 194 Å². The number of hydrogen-bond donors (Lipinski definition) is 3. The summed E-state index contributed by atoms with van der Waals surface area (Å²) >= 11 is 0. The number of guanidine groups is 1. The van der Waals surface area contributed by atoms with Crippen molar-refractivity contribution in [2.24, 2.45) is 16.8 Å². The van der Waals surface area contributed by atoms with Crippen molar-refractivity contribution in [2.75, 3.05) is 32.7 Å². The van der Waals surface area contributed by atoms with Crippen molar-refractivity contribution >= 4 is 35.8 Å². The molecule has 0 aromatic carbocycles. The van der Waals surface area contributed by atoms with E-state index in [-0.39, 0.29) is 29.9 Å². The molecule has 3 rings (SSSR count). The minimum atomic E-state index is 0. The van der Waals surface area contributed by atoms with Gasteiger partial charge in [0.1, 0.15) is 0 Å². The molecule has 0 bridgehead atoms. The normalized spacial score (nSPS) is 26.5. The number of carbonyl (C=O) groups excluding carboxylic acids is 1. The summed E-state index contributed by atoms with van der Waals surface area (Å²) in [5.74, 6) is 2.97. The van der Waals surface area contributed by atoms with Crippen molar-refractivity contribution < 1.29 is 4.79 Å². The highest BCUT2D eigenvalue weighted by Gasteiger charge is 2.43. The zero-order chi connectivity index (χ0) is 19.8. The van der Waals surface area contributed by atoms with Gasteiger partial charge < -0.3 is 16.0 Å². The van der Waals surface area contributed by atoms with Gasteiger partial charge in [-0.1, -0.05) is 39.0 Å². The summed E-state index contributed by atoms with van der Waals surface area (Å²) in [6.07, 6.45) is 11.6. The van der Waals surface area contributed by atoms with Crippen LogP contribution in [0.3, 0.4) is 0 Å². The van der Waals surface area contributed by atoms with E-state index >= 15 is 0 Å². The number of amides is 1. The average molecular weight is 520 g/mol. The Morgan fingerprint density at radius 3 is 2.41 bits per heavy atom. The van der Waals surface area contributed by atoms with E-state index < -0.39 is 0 Å². The Hall–Kier alpha value is -0.570. The van der Waals surface area contributed by atoms with Crippen LogP contribution in [-0.4, -0.2) is 61.6 Å². The molecule has 0 radical (unpaired) electrons. The fourth-order valence-corrected chi connectivity index (χ4v) is 4.88. The van der Waals surface area contributed by atoms with Crippen LogP contribution < -0.4 is 16.0 Å². The molecule has 168 valence electrons. The van der Waals surface area contributed by atoms with E-state index in [1.807, 2.05) is 0 Å². The first-order valence-corrected chi connectivity index (χ1v) is 11.8. The number of nitrogens with zero attached hydrogens (tertiary/aromatic N) is 2. The van der Waals surface area contributed by atoms with Crippen LogP contribution >= 0.6 is 24.0 Å². The molecular weight excluding hydrogens is 477 g/mol. The lowest BCUT2D eigenvalue weighted by Crippen LogP contribution is -2.50. The molecule has 3 fully saturated rings. The number of piperidine rings is 1. The highest BCUT2D eigenvalue weighted by Crippen LogP contribution is 2.44. The minimum Gasteiger partial charge on any atom is -0.355 e. The summed E-state index contributed by atoms with van der Waals surface area (Å²) < 4.78 is 0. The minimum absolute atomic E-state index is 0. The molecule has 1 amide bonds. The molecule has 2 atom stereocenters. The van der Waals surface area contributed by atoms with Crippen LogP contribution in [0.5, 0.6) is 0 Å². The summed E-state index contributed by atoms with van der Waals surface area (Å²) in [5.41, 5.74) is 0. The standard InChI is InChI=1S/C22H41N5O.HI/c1-3-12-24-21(28)16-27-13-10-18(11-14-27)25-22(23-4-2)26-20-15-19(20)17-8-6-5-7-9-17;/h17-20H,3-16H2,1-2H3,(H,24,28)(H2,23,25,26);1H. The van der Waals surface area contributed by atoms with Crippen molar-refractivity contribution in [1.29, 1.82) is 0 Å². The highest BCUT2D eigenvalue weighted by atomic mass is 127. The number of nitrogens with one attached hydrogen (secondary N) is 3. The number of halogens is 1. The molecule has 1 saturated heterocycles. The topological polar surface area (TPSA) is 68.8 Å². The zero-order valence-corrected chi connectivity index (χ0v) is 20.8. The monoisotopic (exact) mass is 519 g/mol. The summed E-state index contributed by atoms with van der Waals surface area (Å²) in [6, 6.07) is 1.09. The molecule has 3 aliphatic rings. The maximum absolute atomic E-state index is 11.9. The molecule has 0 spiro atoms. The van der Waals surface area contributed by atoms with Crippen LogP contribution in [0.15, 0.2) is 4.99 Å². The highest BCUT2D eigenvalue weighted by molar-refractivity contribution is 14.0. The number of carbonyl (C=O) groups is 1. The Balaban J connectivity index is 0.00000300. The van der Waals surface area contributed by atoms with E-state index in [4.69, 9.17) is 4.99 Å². The second-order valence-corrected chi connectivity index (χ2v) is 8.92. The van der Waals surface area contributed by atoms with Crippen molar-refractivity contribution in [1.82, 2.24) is 20.9 Å². The molecule has 29 heavy (non-hydrogen) atoms. The molecule has 2 unspecified atom stereocenters. The van der Waals surface area contributed by atoms with Crippen LogP contribution in [0.1, 0.15) is 71.6 Å². The number of aliphatic imine (C=N–C) groups is 1. The summed E-state index contributed by atoms with van der Waals surface area (Å²) in [5, 5.41) is 10.4. The van der Waals surface area contributed by atoms with E-state index in [0.29, 0.717) is 18.6 Å². The van der Waals surface area contributed by atoms with Gasteiger partial charge in [0.25, 0.3) is 0 Å². The third kappa shape index (κ3) is 8.23. The molecule has 0 aromatic heterocycles. The number of rotatable bonds is 8. The Morgan fingerprint density at radius 1 is 1.03 bits per heavy atom. The van der Waals surface area contributed by atoms with E-state index in [0.717, 1.165) is 63.2 Å². The molecule has 2 saturated carbocycles. The van der Waals surface area contributed by atoms with Crippen molar-refractivity contribution in [3.05, 3.63) is 0 Å². The van der Waals surface area contributed by atoms with E-state index in [9.17, 15) is 4.79 Å². The van der Waals surface area contributed by atoms with Crippen LogP contribution in [0, 0.1) is 11.8 Å². The fraction of sp³-hybridized carbons (Fsp3) is 0.909. The molecule has 1 heterocycles. The van der Waals surface area contributed by atoms with Crippen LogP contribution in [0.2, 0.25) is 0 Å². The largest absolute Gasteiger partial charge is 0.355 e. The third-order valence-electron chi connectivity index (χ3n) is 6.60. The lowest BCUT2D eigenvalue weighted by atomic mass is 9.85. The molecular formula is C22H42IN5O. The maximum atomic E-state index is 11.9. The van der Waals surface area contributed by atoms with Gasteiger partial charge in [0.2, 0.25) is 5.91 Å². The lowest BCUT2D eigenvalue weighted by Gasteiger charge is -2.32. The smallest absolute Gasteiger partial charge is 0.234 e. The quantitative estimate of drug-likeness (QED) is 0.262. The second-order valence-electron chi connectivity index (χ2n) is 8.92. The SMILES string of the molecule is CCCNC(=O)CN1CCC(NC(=NCC)NC2CC2C2CCCCC2)CC1.I.